The van der Waals surface area contributed by atoms with E-state index in [0.29, 0.717) is 0 Å². The van der Waals surface area contributed by atoms with Gasteiger partial charge in [0.2, 0.25) is 0 Å². The lowest BCUT2D eigenvalue weighted by molar-refractivity contribution is 0.183. The molecule has 1 N–H and O–H groups in total. The Morgan fingerprint density at radius 2 is 1.60 bits per heavy atom. The second kappa shape index (κ2) is 8.92. The number of rotatable bonds is 2. The fourth-order valence-corrected chi connectivity index (χ4v) is 0.418. The van der Waals surface area contributed by atoms with E-state index in [9.17, 15) is 0 Å². The molecule has 0 rings (SSSR count). The summed E-state index contributed by atoms with van der Waals surface area (Å²) in [5.74, 6) is 0. The zero-order valence-electron chi connectivity index (χ0n) is 7.89. The van der Waals surface area contributed by atoms with Gasteiger partial charge in [-0.1, -0.05) is 13.3 Å². The Balaban J connectivity index is 0. The lowest BCUT2D eigenvalue weighted by atomic mass is 10.2. The van der Waals surface area contributed by atoms with Gasteiger partial charge < -0.3 is 10.0 Å². The van der Waals surface area contributed by atoms with Crippen molar-refractivity contribution in [1.82, 2.24) is 4.90 Å². The molecule has 1 unspecified atom stereocenters. The van der Waals surface area contributed by atoms with Crippen molar-refractivity contribution in [3.05, 3.63) is 0 Å². The van der Waals surface area contributed by atoms with Gasteiger partial charge in [0, 0.05) is 0 Å². The van der Waals surface area contributed by atoms with Crippen molar-refractivity contribution in [2.75, 3.05) is 21.1 Å². The molecule has 10 heavy (non-hydrogen) atoms. The lowest BCUT2D eigenvalue weighted by Crippen LogP contribution is -1.99. The summed E-state index contributed by atoms with van der Waals surface area (Å²) in [6.07, 6.45) is 1.91. The highest BCUT2D eigenvalue weighted by Gasteiger charge is 1.87. The summed E-state index contributed by atoms with van der Waals surface area (Å²) in [6, 6.07) is 0. The molecule has 0 fully saturated rings. The van der Waals surface area contributed by atoms with Crippen molar-refractivity contribution in [2.45, 2.75) is 32.8 Å². The number of aliphatic hydroxyl groups is 1. The van der Waals surface area contributed by atoms with Crippen molar-refractivity contribution in [1.29, 1.82) is 0 Å². The zero-order chi connectivity index (χ0) is 8.57. The third-order valence-corrected chi connectivity index (χ3v) is 0.706. The Kier molecular flexibility index (Phi) is 11.2. The summed E-state index contributed by atoms with van der Waals surface area (Å²) < 4.78 is 0. The van der Waals surface area contributed by atoms with Gasteiger partial charge in [-0.05, 0) is 34.5 Å². The van der Waals surface area contributed by atoms with Crippen molar-refractivity contribution >= 4 is 0 Å². The van der Waals surface area contributed by atoms with E-state index in [1.807, 2.05) is 33.0 Å². The molecule has 0 aromatic rings. The van der Waals surface area contributed by atoms with Gasteiger partial charge in [-0.3, -0.25) is 0 Å². The first kappa shape index (κ1) is 12.6. The molecular formula is C8H21NO. The third-order valence-electron chi connectivity index (χ3n) is 0.706. The topological polar surface area (TPSA) is 23.5 Å². The third kappa shape index (κ3) is 44.5. The standard InChI is InChI=1S/C5H12O.C3H9N/c1-3-4-5(2)6;1-4(2)3/h5-6H,3-4H2,1-2H3;1-3H3. The Morgan fingerprint density at radius 3 is 1.60 bits per heavy atom. The number of nitrogens with zero attached hydrogens (tertiary/aromatic N) is 1. The average molecular weight is 147 g/mol. The van der Waals surface area contributed by atoms with Crippen LogP contribution in [0.3, 0.4) is 0 Å². The highest BCUT2D eigenvalue weighted by molar-refractivity contribution is 4.40. The van der Waals surface area contributed by atoms with Gasteiger partial charge in [0.1, 0.15) is 0 Å². The molecule has 2 nitrogen and oxygen atoms in total. The lowest BCUT2D eigenvalue weighted by Gasteiger charge is -1.95. The van der Waals surface area contributed by atoms with Crippen molar-refractivity contribution in [3.8, 4) is 0 Å². The largest absolute Gasteiger partial charge is 0.393 e. The maximum atomic E-state index is 8.55. The first-order valence-electron chi connectivity index (χ1n) is 3.79. The molecule has 0 bridgehead atoms. The average Bonchev–Trinajstić information content (AvgIpc) is 1.62. The van der Waals surface area contributed by atoms with Crippen molar-refractivity contribution < 1.29 is 5.11 Å². The van der Waals surface area contributed by atoms with Gasteiger partial charge in [0.15, 0.2) is 0 Å². The molecule has 0 saturated heterocycles. The minimum Gasteiger partial charge on any atom is -0.393 e. The quantitative estimate of drug-likeness (QED) is 0.637. The summed E-state index contributed by atoms with van der Waals surface area (Å²) in [4.78, 5) is 2.00. The van der Waals surface area contributed by atoms with Crippen molar-refractivity contribution in [3.63, 3.8) is 0 Å². The van der Waals surface area contributed by atoms with Crippen LogP contribution in [0.5, 0.6) is 0 Å². The Hall–Kier alpha value is -0.0800. The van der Waals surface area contributed by atoms with Crippen LogP contribution in [0, 0.1) is 0 Å². The van der Waals surface area contributed by atoms with Crippen LogP contribution in [-0.4, -0.2) is 37.3 Å². The second-order valence-electron chi connectivity index (χ2n) is 2.98. The Bertz CT molecular complexity index is 50.5. The molecule has 64 valence electrons. The van der Waals surface area contributed by atoms with E-state index in [0.717, 1.165) is 12.8 Å². The molecular weight excluding hydrogens is 126 g/mol. The fourth-order valence-electron chi connectivity index (χ4n) is 0.418. The first-order chi connectivity index (χ1) is 4.50. The van der Waals surface area contributed by atoms with Crippen LogP contribution in [0.15, 0.2) is 0 Å². The highest BCUT2D eigenvalue weighted by atomic mass is 16.3. The van der Waals surface area contributed by atoms with E-state index in [1.165, 1.54) is 0 Å². The molecule has 0 aromatic heterocycles. The molecule has 0 aliphatic carbocycles. The van der Waals surface area contributed by atoms with Crippen LogP contribution >= 0.6 is 0 Å². The SMILES string of the molecule is CCCC(C)O.CN(C)C. The molecule has 0 aliphatic heterocycles. The van der Waals surface area contributed by atoms with E-state index < -0.39 is 0 Å². The van der Waals surface area contributed by atoms with Crippen LogP contribution in [0.2, 0.25) is 0 Å². The first-order valence-corrected chi connectivity index (χ1v) is 3.79. The predicted octanol–water partition coefficient (Wildman–Crippen LogP) is 1.35. The van der Waals surface area contributed by atoms with E-state index in [1.54, 1.807) is 0 Å². The van der Waals surface area contributed by atoms with Gasteiger partial charge in [-0.2, -0.15) is 0 Å². The molecule has 0 heterocycles. The number of hydrogen-bond donors (Lipinski definition) is 1. The normalized spacial score (nSPS) is 12.3. The minimum atomic E-state index is -0.102. The van der Waals surface area contributed by atoms with Crippen LogP contribution < -0.4 is 0 Å². The van der Waals surface area contributed by atoms with Gasteiger partial charge >= 0.3 is 0 Å². The van der Waals surface area contributed by atoms with Gasteiger partial charge in [0.05, 0.1) is 6.10 Å². The number of aliphatic hydroxyl groups excluding tert-OH is 1. The Labute approximate surface area is 64.9 Å². The summed E-state index contributed by atoms with van der Waals surface area (Å²) in [5.41, 5.74) is 0. The fraction of sp³-hybridized carbons (Fsp3) is 1.00. The summed E-state index contributed by atoms with van der Waals surface area (Å²) in [7, 11) is 6.00. The molecule has 1 atom stereocenters. The molecule has 0 radical (unpaired) electrons. The van der Waals surface area contributed by atoms with Gasteiger partial charge in [0.25, 0.3) is 0 Å². The van der Waals surface area contributed by atoms with Crippen LogP contribution in [-0.2, 0) is 0 Å². The van der Waals surface area contributed by atoms with Gasteiger partial charge in [-0.25, -0.2) is 0 Å². The van der Waals surface area contributed by atoms with E-state index in [2.05, 4.69) is 6.92 Å². The second-order valence-corrected chi connectivity index (χ2v) is 2.98. The molecule has 0 amide bonds. The van der Waals surface area contributed by atoms with Crippen LogP contribution in [0.1, 0.15) is 26.7 Å². The molecule has 2 heteroatoms. The van der Waals surface area contributed by atoms with E-state index in [-0.39, 0.29) is 6.10 Å². The van der Waals surface area contributed by atoms with E-state index >= 15 is 0 Å². The molecule has 0 aliphatic rings. The van der Waals surface area contributed by atoms with Crippen molar-refractivity contribution in [2.24, 2.45) is 0 Å². The highest BCUT2D eigenvalue weighted by Crippen LogP contribution is 1.91. The summed E-state index contributed by atoms with van der Waals surface area (Å²) >= 11 is 0. The summed E-state index contributed by atoms with van der Waals surface area (Å²) in [5, 5.41) is 8.55. The molecule has 0 saturated carbocycles. The van der Waals surface area contributed by atoms with Crippen LogP contribution in [0.4, 0.5) is 0 Å². The van der Waals surface area contributed by atoms with E-state index in [4.69, 9.17) is 5.11 Å². The Morgan fingerprint density at radius 1 is 1.30 bits per heavy atom. The minimum absolute atomic E-state index is 0.102. The predicted molar refractivity (Wildman–Crippen MR) is 46.2 cm³/mol. The molecule has 0 spiro atoms. The number of hydrogen-bond acceptors (Lipinski definition) is 2. The summed E-state index contributed by atoms with van der Waals surface area (Å²) in [6.45, 7) is 3.87. The van der Waals surface area contributed by atoms with Gasteiger partial charge in [-0.15, -0.1) is 0 Å². The smallest absolute Gasteiger partial charge is 0.0512 e. The maximum absolute atomic E-state index is 8.55. The zero-order valence-corrected chi connectivity index (χ0v) is 7.89. The monoisotopic (exact) mass is 147 g/mol. The maximum Gasteiger partial charge on any atom is 0.0512 e. The van der Waals surface area contributed by atoms with Crippen LogP contribution in [0.25, 0.3) is 0 Å². The molecule has 0 aromatic carbocycles.